The van der Waals surface area contributed by atoms with Crippen LogP contribution in [0.25, 0.3) is 11.0 Å². The molecule has 10 heteroatoms. The summed E-state index contributed by atoms with van der Waals surface area (Å²) in [7, 11) is 1.19. The van der Waals surface area contributed by atoms with Gasteiger partial charge in [0.2, 0.25) is 0 Å². The van der Waals surface area contributed by atoms with Crippen molar-refractivity contribution in [2.75, 3.05) is 7.11 Å². The fourth-order valence-electron chi connectivity index (χ4n) is 1.98. The van der Waals surface area contributed by atoms with Gasteiger partial charge in [-0.15, -0.1) is 0 Å². The molecule has 0 aliphatic heterocycles. The molecule has 122 valence electrons. The van der Waals surface area contributed by atoms with E-state index in [1.807, 2.05) is 0 Å². The molecule has 0 radical (unpaired) electrons. The third-order valence-electron chi connectivity index (χ3n) is 3.07. The minimum absolute atomic E-state index is 0.00457. The number of halogens is 1. The molecule has 2 aromatic heterocycles. The third kappa shape index (κ3) is 3.17. The molecule has 2 heterocycles. The number of nitrogens with one attached hydrogen (secondary N) is 1. The van der Waals surface area contributed by atoms with Crippen LogP contribution in [0.5, 0.6) is 0 Å². The fourth-order valence-corrected chi connectivity index (χ4v) is 2.98. The van der Waals surface area contributed by atoms with Crippen molar-refractivity contribution in [1.29, 1.82) is 0 Å². The van der Waals surface area contributed by atoms with Crippen molar-refractivity contribution in [3.05, 3.63) is 51.2 Å². The molecule has 8 nitrogen and oxygen atoms in total. The monoisotopic (exact) mass is 364 g/mol. The number of pyridine rings is 1. The summed E-state index contributed by atoms with van der Waals surface area (Å²) in [5.74, 6) is -0.694. The van der Waals surface area contributed by atoms with Gasteiger partial charge in [-0.2, -0.15) is 0 Å². The van der Waals surface area contributed by atoms with Crippen LogP contribution in [0.2, 0.25) is 5.02 Å². The van der Waals surface area contributed by atoms with Gasteiger partial charge in [-0.3, -0.25) is 10.1 Å². The van der Waals surface area contributed by atoms with Crippen LogP contribution in [-0.2, 0) is 4.74 Å². The Bertz CT molecular complexity index is 959. The quantitative estimate of drug-likeness (QED) is 0.428. The summed E-state index contributed by atoms with van der Waals surface area (Å²) in [5.41, 5.74) is 1.08. The molecule has 1 aromatic carbocycles. The number of aromatic amines is 1. The number of aromatic nitrogens is 3. The zero-order valence-electron chi connectivity index (χ0n) is 12.1. The van der Waals surface area contributed by atoms with Gasteiger partial charge >= 0.3 is 11.7 Å². The van der Waals surface area contributed by atoms with Crippen molar-refractivity contribution in [3.8, 4) is 0 Å². The predicted molar refractivity (Wildman–Crippen MR) is 87.5 cm³/mol. The molecule has 0 aliphatic carbocycles. The van der Waals surface area contributed by atoms with E-state index in [2.05, 4.69) is 19.7 Å². The maximum atomic E-state index is 11.5. The van der Waals surface area contributed by atoms with Gasteiger partial charge < -0.3 is 9.72 Å². The molecule has 0 fully saturated rings. The summed E-state index contributed by atoms with van der Waals surface area (Å²) in [4.78, 5) is 33.4. The van der Waals surface area contributed by atoms with Crippen molar-refractivity contribution < 1.29 is 14.5 Å². The van der Waals surface area contributed by atoms with Crippen molar-refractivity contribution in [2.24, 2.45) is 0 Å². The second kappa shape index (κ2) is 6.46. The van der Waals surface area contributed by atoms with E-state index in [1.54, 1.807) is 18.2 Å². The Morgan fingerprint density at radius 3 is 2.92 bits per heavy atom. The first-order valence-corrected chi connectivity index (χ1v) is 7.73. The number of ether oxygens (including phenoxy) is 1. The van der Waals surface area contributed by atoms with Gasteiger partial charge in [0.15, 0.2) is 10.2 Å². The first-order chi connectivity index (χ1) is 11.5. The SMILES string of the molecule is COC(=O)c1cnc(Sc2nc3ccc(Cl)cc3[nH]2)c([N+](=O)[O-])c1. The number of rotatable bonds is 4. The zero-order valence-corrected chi connectivity index (χ0v) is 13.7. The van der Waals surface area contributed by atoms with Crippen molar-refractivity contribution in [1.82, 2.24) is 15.0 Å². The molecular weight excluding hydrogens is 356 g/mol. The van der Waals surface area contributed by atoms with E-state index in [-0.39, 0.29) is 16.3 Å². The van der Waals surface area contributed by atoms with E-state index in [0.29, 0.717) is 21.2 Å². The van der Waals surface area contributed by atoms with Gasteiger partial charge in [0, 0.05) is 17.3 Å². The number of methoxy groups -OCH3 is 1. The first-order valence-electron chi connectivity index (χ1n) is 6.54. The summed E-state index contributed by atoms with van der Waals surface area (Å²) >= 11 is 6.90. The average Bonchev–Trinajstić information content (AvgIpc) is 2.95. The summed E-state index contributed by atoms with van der Waals surface area (Å²) in [6.07, 6.45) is 1.22. The predicted octanol–water partition coefficient (Wildman–Crippen LogP) is 3.46. The minimum atomic E-state index is -0.694. The molecule has 3 rings (SSSR count). The fraction of sp³-hybridized carbons (Fsp3) is 0.0714. The maximum absolute atomic E-state index is 11.5. The Labute approximate surface area is 144 Å². The number of carbonyl (C=O) groups is 1. The van der Waals surface area contributed by atoms with E-state index in [9.17, 15) is 14.9 Å². The van der Waals surface area contributed by atoms with Crippen LogP contribution in [0.1, 0.15) is 10.4 Å². The number of nitro groups is 1. The van der Waals surface area contributed by atoms with Crippen molar-refractivity contribution in [2.45, 2.75) is 10.2 Å². The summed E-state index contributed by atoms with van der Waals surface area (Å²) in [6.45, 7) is 0. The highest BCUT2D eigenvalue weighted by atomic mass is 35.5. The van der Waals surface area contributed by atoms with Gasteiger partial charge in [0.05, 0.1) is 28.6 Å². The highest BCUT2D eigenvalue weighted by Crippen LogP contribution is 2.33. The Morgan fingerprint density at radius 1 is 1.42 bits per heavy atom. The number of benzene rings is 1. The highest BCUT2D eigenvalue weighted by Gasteiger charge is 2.21. The van der Waals surface area contributed by atoms with E-state index >= 15 is 0 Å². The number of hydrogen-bond acceptors (Lipinski definition) is 7. The number of nitrogens with zero attached hydrogens (tertiary/aromatic N) is 3. The molecule has 0 saturated carbocycles. The molecule has 0 bridgehead atoms. The van der Waals surface area contributed by atoms with Gasteiger partial charge in [0.1, 0.15) is 0 Å². The highest BCUT2D eigenvalue weighted by molar-refractivity contribution is 7.99. The van der Waals surface area contributed by atoms with Gasteiger partial charge in [0.25, 0.3) is 0 Å². The standard InChI is InChI=1S/C14H9ClN4O4S/c1-23-13(20)7-4-11(19(21)22)12(16-6-7)24-14-17-9-3-2-8(15)5-10(9)18-14/h2-6H,1H3,(H,17,18). The molecule has 0 amide bonds. The lowest BCUT2D eigenvalue weighted by Crippen LogP contribution is -2.04. The number of H-pyrrole nitrogens is 1. The van der Waals surface area contributed by atoms with Gasteiger partial charge in [-0.05, 0) is 30.0 Å². The lowest BCUT2D eigenvalue weighted by Gasteiger charge is -2.02. The Balaban J connectivity index is 1.98. The first kappa shape index (κ1) is 16.2. The largest absolute Gasteiger partial charge is 0.465 e. The number of imidazole rings is 1. The zero-order chi connectivity index (χ0) is 17.3. The average molecular weight is 365 g/mol. The Morgan fingerprint density at radius 2 is 2.21 bits per heavy atom. The second-order valence-electron chi connectivity index (χ2n) is 4.60. The maximum Gasteiger partial charge on any atom is 0.339 e. The molecule has 3 aromatic rings. The minimum Gasteiger partial charge on any atom is -0.465 e. The number of fused-ring (bicyclic) bond motifs is 1. The molecular formula is C14H9ClN4O4S. The van der Waals surface area contributed by atoms with Crippen LogP contribution >= 0.6 is 23.4 Å². The van der Waals surface area contributed by atoms with Crippen LogP contribution in [0.15, 0.2) is 40.6 Å². The summed E-state index contributed by atoms with van der Waals surface area (Å²) in [5, 5.41) is 12.3. The normalized spacial score (nSPS) is 10.8. The smallest absolute Gasteiger partial charge is 0.339 e. The second-order valence-corrected chi connectivity index (χ2v) is 6.02. The number of carbonyl (C=O) groups excluding carboxylic acids is 1. The van der Waals surface area contributed by atoms with E-state index in [4.69, 9.17) is 11.6 Å². The lowest BCUT2D eigenvalue weighted by atomic mass is 10.3. The van der Waals surface area contributed by atoms with Gasteiger partial charge in [-0.1, -0.05) is 11.6 Å². The van der Waals surface area contributed by atoms with Crippen LogP contribution < -0.4 is 0 Å². The molecule has 1 N–H and O–H groups in total. The molecule has 0 unspecified atom stereocenters. The molecule has 24 heavy (non-hydrogen) atoms. The summed E-state index contributed by atoms with van der Waals surface area (Å²) in [6, 6.07) is 6.27. The Hall–Kier alpha value is -2.65. The summed E-state index contributed by atoms with van der Waals surface area (Å²) < 4.78 is 4.54. The van der Waals surface area contributed by atoms with Crippen LogP contribution in [-0.4, -0.2) is 33.0 Å². The van der Waals surface area contributed by atoms with E-state index in [0.717, 1.165) is 17.8 Å². The topological polar surface area (TPSA) is 111 Å². The van der Waals surface area contributed by atoms with E-state index in [1.165, 1.54) is 13.3 Å². The van der Waals surface area contributed by atoms with Gasteiger partial charge in [-0.25, -0.2) is 14.8 Å². The van der Waals surface area contributed by atoms with Crippen LogP contribution in [0.3, 0.4) is 0 Å². The Kier molecular flexibility index (Phi) is 4.36. The van der Waals surface area contributed by atoms with Crippen LogP contribution in [0.4, 0.5) is 5.69 Å². The molecule has 0 atom stereocenters. The van der Waals surface area contributed by atoms with Crippen molar-refractivity contribution >= 4 is 46.1 Å². The number of esters is 1. The van der Waals surface area contributed by atoms with E-state index < -0.39 is 10.9 Å². The van der Waals surface area contributed by atoms with Crippen molar-refractivity contribution in [3.63, 3.8) is 0 Å². The molecule has 0 saturated heterocycles. The number of hydrogen-bond donors (Lipinski definition) is 1. The van der Waals surface area contributed by atoms with Crippen LogP contribution in [0, 0.1) is 10.1 Å². The third-order valence-corrected chi connectivity index (χ3v) is 4.20. The molecule has 0 aliphatic rings. The molecule has 0 spiro atoms. The lowest BCUT2D eigenvalue weighted by molar-refractivity contribution is -0.388.